The Hall–Kier alpha value is -0.120. The molecule has 1 fully saturated rings. The van der Waals surface area contributed by atoms with Crippen LogP contribution in [0.25, 0.3) is 0 Å². The Morgan fingerprint density at radius 2 is 1.69 bits per heavy atom. The summed E-state index contributed by atoms with van der Waals surface area (Å²) in [5.74, 6) is 0. The first-order valence-corrected chi connectivity index (χ1v) is 6.73. The number of nitrogens with zero attached hydrogens (tertiary/aromatic N) is 2. The molecule has 0 aromatic heterocycles. The second-order valence-electron chi connectivity index (χ2n) is 5.17. The maximum atomic E-state index is 8.68. The summed E-state index contributed by atoms with van der Waals surface area (Å²) in [6, 6.07) is 0.797. The lowest BCUT2D eigenvalue weighted by atomic mass is 10.0. The van der Waals surface area contributed by atoms with E-state index in [4.69, 9.17) is 5.11 Å². The molecule has 16 heavy (non-hydrogen) atoms. The van der Waals surface area contributed by atoms with Crippen molar-refractivity contribution in [2.75, 3.05) is 40.3 Å². The van der Waals surface area contributed by atoms with E-state index < -0.39 is 0 Å². The molecule has 0 bridgehead atoms. The summed E-state index contributed by atoms with van der Waals surface area (Å²) in [6.45, 7) is 4.14. The number of hydrogen-bond donors (Lipinski definition) is 1. The average Bonchev–Trinajstić information content (AvgIpc) is 2.29. The molecule has 3 nitrogen and oxygen atoms in total. The average molecular weight is 228 g/mol. The van der Waals surface area contributed by atoms with Crippen molar-refractivity contribution < 1.29 is 5.11 Å². The third-order valence-electron chi connectivity index (χ3n) is 3.67. The van der Waals surface area contributed by atoms with Gasteiger partial charge in [0.2, 0.25) is 0 Å². The van der Waals surface area contributed by atoms with Gasteiger partial charge in [0.15, 0.2) is 0 Å². The molecule has 1 heterocycles. The van der Waals surface area contributed by atoms with Crippen molar-refractivity contribution in [3.8, 4) is 0 Å². The number of rotatable bonds is 7. The first-order chi connectivity index (χ1) is 7.74. The van der Waals surface area contributed by atoms with Crippen LogP contribution >= 0.6 is 0 Å². The van der Waals surface area contributed by atoms with Gasteiger partial charge >= 0.3 is 0 Å². The molecule has 0 aromatic carbocycles. The van der Waals surface area contributed by atoms with Crippen LogP contribution in [0.15, 0.2) is 0 Å². The lowest BCUT2D eigenvalue weighted by Gasteiger charge is -2.35. The molecular formula is C13H28N2O. The molecule has 0 saturated carbocycles. The summed E-state index contributed by atoms with van der Waals surface area (Å²) in [6.07, 6.45) is 7.38. The molecule has 0 atom stereocenters. The van der Waals surface area contributed by atoms with Crippen LogP contribution in [0.1, 0.15) is 38.5 Å². The van der Waals surface area contributed by atoms with E-state index in [1.54, 1.807) is 0 Å². The maximum Gasteiger partial charge on any atom is 0.0431 e. The minimum absolute atomic E-state index is 0.355. The van der Waals surface area contributed by atoms with E-state index in [9.17, 15) is 0 Å². The Bertz CT molecular complexity index is 165. The molecule has 1 aliphatic heterocycles. The highest BCUT2D eigenvalue weighted by Crippen LogP contribution is 2.14. The fourth-order valence-corrected chi connectivity index (χ4v) is 2.46. The summed E-state index contributed by atoms with van der Waals surface area (Å²) in [5, 5.41) is 8.68. The Morgan fingerprint density at radius 1 is 1.06 bits per heavy atom. The highest BCUT2D eigenvalue weighted by atomic mass is 16.2. The van der Waals surface area contributed by atoms with Crippen LogP contribution in [0.4, 0.5) is 0 Å². The van der Waals surface area contributed by atoms with Crippen molar-refractivity contribution in [2.45, 2.75) is 44.6 Å². The molecule has 3 heteroatoms. The lowest BCUT2D eigenvalue weighted by Crippen LogP contribution is -2.42. The third-order valence-corrected chi connectivity index (χ3v) is 3.67. The Balaban J connectivity index is 1.99. The smallest absolute Gasteiger partial charge is 0.0431 e. The molecule has 1 N–H and O–H groups in total. The van der Waals surface area contributed by atoms with Gasteiger partial charge in [-0.15, -0.1) is 0 Å². The zero-order chi connectivity index (χ0) is 11.8. The normalized spacial score (nSPS) is 19.5. The van der Waals surface area contributed by atoms with Gasteiger partial charge in [0.25, 0.3) is 0 Å². The van der Waals surface area contributed by atoms with Gasteiger partial charge in [-0.1, -0.05) is 12.8 Å². The quantitative estimate of drug-likeness (QED) is 0.670. The predicted octanol–water partition coefficient (Wildman–Crippen LogP) is 1.57. The summed E-state index contributed by atoms with van der Waals surface area (Å²) >= 11 is 0. The molecule has 0 aliphatic carbocycles. The summed E-state index contributed by atoms with van der Waals surface area (Å²) in [5.41, 5.74) is 0. The molecule has 1 rings (SSSR count). The van der Waals surface area contributed by atoms with E-state index in [0.717, 1.165) is 12.5 Å². The van der Waals surface area contributed by atoms with Crippen molar-refractivity contribution in [1.29, 1.82) is 0 Å². The van der Waals surface area contributed by atoms with E-state index in [-0.39, 0.29) is 0 Å². The monoisotopic (exact) mass is 228 g/mol. The minimum atomic E-state index is 0.355. The van der Waals surface area contributed by atoms with Crippen LogP contribution in [-0.4, -0.2) is 61.3 Å². The third kappa shape index (κ3) is 5.28. The van der Waals surface area contributed by atoms with Gasteiger partial charge in [0.05, 0.1) is 0 Å². The molecule has 0 aromatic rings. The molecule has 0 radical (unpaired) electrons. The SMILES string of the molecule is CN(C)C1CCN(CCCCCCO)CC1. The van der Waals surface area contributed by atoms with Crippen molar-refractivity contribution in [2.24, 2.45) is 0 Å². The minimum Gasteiger partial charge on any atom is -0.396 e. The van der Waals surface area contributed by atoms with Gasteiger partial charge in [-0.25, -0.2) is 0 Å². The number of piperidine rings is 1. The number of likely N-dealkylation sites (tertiary alicyclic amines) is 1. The second kappa shape index (κ2) is 8.04. The van der Waals surface area contributed by atoms with Crippen molar-refractivity contribution in [3.05, 3.63) is 0 Å². The predicted molar refractivity (Wildman–Crippen MR) is 68.7 cm³/mol. The number of hydrogen-bond acceptors (Lipinski definition) is 3. The second-order valence-corrected chi connectivity index (χ2v) is 5.17. The largest absolute Gasteiger partial charge is 0.396 e. The van der Waals surface area contributed by atoms with E-state index >= 15 is 0 Å². The number of aliphatic hydroxyl groups excluding tert-OH is 1. The van der Waals surface area contributed by atoms with Crippen LogP contribution < -0.4 is 0 Å². The first-order valence-electron chi connectivity index (χ1n) is 6.73. The highest BCUT2D eigenvalue weighted by Gasteiger charge is 2.19. The fourth-order valence-electron chi connectivity index (χ4n) is 2.46. The van der Waals surface area contributed by atoms with E-state index in [1.807, 2.05) is 0 Å². The van der Waals surface area contributed by atoms with Crippen LogP contribution in [-0.2, 0) is 0 Å². The lowest BCUT2D eigenvalue weighted by molar-refractivity contribution is 0.143. The van der Waals surface area contributed by atoms with Crippen LogP contribution in [0.5, 0.6) is 0 Å². The molecule has 96 valence electrons. The summed E-state index contributed by atoms with van der Waals surface area (Å²) < 4.78 is 0. The van der Waals surface area contributed by atoms with E-state index in [0.29, 0.717) is 6.61 Å². The topological polar surface area (TPSA) is 26.7 Å². The van der Waals surface area contributed by atoms with Crippen LogP contribution in [0.3, 0.4) is 0 Å². The fraction of sp³-hybridized carbons (Fsp3) is 1.00. The van der Waals surface area contributed by atoms with Gasteiger partial charge in [0, 0.05) is 12.6 Å². The zero-order valence-corrected chi connectivity index (χ0v) is 11.0. The van der Waals surface area contributed by atoms with Gasteiger partial charge < -0.3 is 14.9 Å². The van der Waals surface area contributed by atoms with Crippen LogP contribution in [0.2, 0.25) is 0 Å². The zero-order valence-electron chi connectivity index (χ0n) is 11.0. The molecule has 0 amide bonds. The Morgan fingerprint density at radius 3 is 2.25 bits per heavy atom. The van der Waals surface area contributed by atoms with Crippen LogP contribution in [0, 0.1) is 0 Å². The summed E-state index contributed by atoms with van der Waals surface area (Å²) in [7, 11) is 4.38. The van der Waals surface area contributed by atoms with Crippen molar-refractivity contribution in [1.82, 2.24) is 9.80 Å². The van der Waals surface area contributed by atoms with Crippen molar-refractivity contribution >= 4 is 0 Å². The maximum absolute atomic E-state index is 8.68. The van der Waals surface area contributed by atoms with Gasteiger partial charge in [-0.3, -0.25) is 0 Å². The van der Waals surface area contributed by atoms with E-state index in [1.165, 1.54) is 51.7 Å². The first kappa shape index (κ1) is 13.9. The standard InChI is InChI=1S/C13H28N2O/c1-14(2)13-7-10-15(11-8-13)9-5-3-4-6-12-16/h13,16H,3-12H2,1-2H3. The molecule has 0 unspecified atom stereocenters. The molecular weight excluding hydrogens is 200 g/mol. The summed E-state index contributed by atoms with van der Waals surface area (Å²) in [4.78, 5) is 4.96. The Labute approximate surface area is 100 Å². The van der Waals surface area contributed by atoms with Gasteiger partial charge in [-0.2, -0.15) is 0 Å². The van der Waals surface area contributed by atoms with Gasteiger partial charge in [-0.05, 0) is 59.4 Å². The number of unbranched alkanes of at least 4 members (excludes halogenated alkanes) is 3. The van der Waals surface area contributed by atoms with Gasteiger partial charge in [0.1, 0.15) is 0 Å². The van der Waals surface area contributed by atoms with Crippen molar-refractivity contribution in [3.63, 3.8) is 0 Å². The molecule has 1 aliphatic rings. The molecule has 0 spiro atoms. The van der Waals surface area contributed by atoms with E-state index in [2.05, 4.69) is 23.9 Å². The Kier molecular flexibility index (Phi) is 7.01. The molecule has 1 saturated heterocycles. The highest BCUT2D eigenvalue weighted by molar-refractivity contribution is 4.76. The number of aliphatic hydroxyl groups is 1.